The van der Waals surface area contributed by atoms with Crippen molar-refractivity contribution in [3.8, 4) is 0 Å². The Balaban J connectivity index is 1.73. The quantitative estimate of drug-likeness (QED) is 0.712. The van der Waals surface area contributed by atoms with Crippen molar-refractivity contribution < 1.29 is 9.59 Å². The maximum atomic E-state index is 12.2. The molecule has 1 aliphatic heterocycles. The summed E-state index contributed by atoms with van der Waals surface area (Å²) >= 11 is 0. The van der Waals surface area contributed by atoms with Crippen molar-refractivity contribution in [2.75, 3.05) is 26.7 Å². The minimum Gasteiger partial charge on any atom is -0.356 e. The normalized spacial score (nSPS) is 15.8. The fourth-order valence-corrected chi connectivity index (χ4v) is 3.25. The molecule has 1 saturated heterocycles. The molecule has 1 fully saturated rings. The number of carbonyl (C=O) groups excluding carboxylic acids is 2. The number of hydrogen-bond donors (Lipinski definition) is 2. The highest BCUT2D eigenvalue weighted by Gasteiger charge is 2.24. The maximum absolute atomic E-state index is 12.2. The summed E-state index contributed by atoms with van der Waals surface area (Å²) in [6, 6.07) is 7.75. The lowest BCUT2D eigenvalue weighted by molar-refractivity contribution is -0.126. The van der Waals surface area contributed by atoms with Gasteiger partial charge in [-0.3, -0.25) is 14.5 Å². The molecular formula is C20H31N3O2. The molecule has 1 aromatic carbocycles. The molecule has 1 heterocycles. The van der Waals surface area contributed by atoms with E-state index in [0.29, 0.717) is 5.56 Å². The molecule has 25 heavy (non-hydrogen) atoms. The average molecular weight is 345 g/mol. The van der Waals surface area contributed by atoms with Crippen LogP contribution in [0, 0.1) is 5.92 Å². The molecule has 138 valence electrons. The van der Waals surface area contributed by atoms with Crippen LogP contribution in [0.4, 0.5) is 0 Å². The van der Waals surface area contributed by atoms with Crippen LogP contribution >= 0.6 is 0 Å². The first-order valence-corrected chi connectivity index (χ1v) is 9.45. The lowest BCUT2D eigenvalue weighted by Crippen LogP contribution is -2.40. The van der Waals surface area contributed by atoms with Crippen LogP contribution in [0.2, 0.25) is 0 Å². The van der Waals surface area contributed by atoms with Crippen LogP contribution in [0.25, 0.3) is 0 Å². The SMILES string of the molecule is CCCCCNC(=O)C1CCN(Cc2ccc(C(=O)NC)cc2)CC1. The van der Waals surface area contributed by atoms with Crippen LogP contribution in [0.3, 0.4) is 0 Å². The van der Waals surface area contributed by atoms with Crippen molar-refractivity contribution in [1.82, 2.24) is 15.5 Å². The first-order chi connectivity index (χ1) is 12.1. The predicted octanol–water partition coefficient (Wildman–Crippen LogP) is 2.56. The topological polar surface area (TPSA) is 61.4 Å². The molecule has 0 atom stereocenters. The predicted molar refractivity (Wildman–Crippen MR) is 100 cm³/mol. The highest BCUT2D eigenvalue weighted by Crippen LogP contribution is 2.19. The molecule has 0 unspecified atom stereocenters. The number of unbranched alkanes of at least 4 members (excludes halogenated alkanes) is 2. The zero-order chi connectivity index (χ0) is 18.1. The third-order valence-corrected chi connectivity index (χ3v) is 4.89. The van der Waals surface area contributed by atoms with Gasteiger partial charge in [0, 0.05) is 31.6 Å². The zero-order valence-electron chi connectivity index (χ0n) is 15.5. The van der Waals surface area contributed by atoms with Crippen LogP contribution in [-0.4, -0.2) is 43.4 Å². The van der Waals surface area contributed by atoms with Crippen LogP contribution in [0.1, 0.15) is 54.9 Å². The summed E-state index contributed by atoms with van der Waals surface area (Å²) in [5, 5.41) is 5.71. The van der Waals surface area contributed by atoms with Crippen molar-refractivity contribution in [3.05, 3.63) is 35.4 Å². The van der Waals surface area contributed by atoms with Crippen LogP contribution < -0.4 is 10.6 Å². The van der Waals surface area contributed by atoms with Gasteiger partial charge in [-0.05, 0) is 50.0 Å². The van der Waals surface area contributed by atoms with Crippen molar-refractivity contribution >= 4 is 11.8 Å². The Hall–Kier alpha value is -1.88. The number of piperidine rings is 1. The van der Waals surface area contributed by atoms with Gasteiger partial charge < -0.3 is 10.6 Å². The Morgan fingerprint density at radius 1 is 1.12 bits per heavy atom. The molecule has 1 aliphatic rings. The van der Waals surface area contributed by atoms with Gasteiger partial charge in [0.15, 0.2) is 0 Å². The van der Waals surface area contributed by atoms with E-state index >= 15 is 0 Å². The average Bonchev–Trinajstić information content (AvgIpc) is 2.65. The van der Waals surface area contributed by atoms with Crippen molar-refractivity contribution in [2.24, 2.45) is 5.92 Å². The fraction of sp³-hybridized carbons (Fsp3) is 0.600. The minimum absolute atomic E-state index is 0.0580. The van der Waals surface area contributed by atoms with Crippen molar-refractivity contribution in [2.45, 2.75) is 45.6 Å². The largest absolute Gasteiger partial charge is 0.356 e. The van der Waals surface area contributed by atoms with Gasteiger partial charge in [-0.1, -0.05) is 31.9 Å². The summed E-state index contributed by atoms with van der Waals surface area (Å²) in [6.07, 6.45) is 5.29. The number of rotatable bonds is 8. The van der Waals surface area contributed by atoms with E-state index in [9.17, 15) is 9.59 Å². The summed E-state index contributed by atoms with van der Waals surface area (Å²) in [6.45, 7) is 5.75. The van der Waals surface area contributed by atoms with Gasteiger partial charge in [-0.25, -0.2) is 0 Å². The second-order valence-corrected chi connectivity index (χ2v) is 6.82. The lowest BCUT2D eigenvalue weighted by atomic mass is 9.95. The number of amides is 2. The monoisotopic (exact) mass is 345 g/mol. The molecule has 5 heteroatoms. The van der Waals surface area contributed by atoms with Crippen molar-refractivity contribution in [3.63, 3.8) is 0 Å². The maximum Gasteiger partial charge on any atom is 0.251 e. The summed E-state index contributed by atoms with van der Waals surface area (Å²) < 4.78 is 0. The molecule has 0 spiro atoms. The van der Waals surface area contributed by atoms with E-state index in [1.807, 2.05) is 24.3 Å². The first kappa shape index (κ1) is 19.4. The standard InChI is InChI=1S/C20H31N3O2/c1-3-4-5-12-22-20(25)18-10-13-23(14-11-18)15-16-6-8-17(9-7-16)19(24)21-2/h6-9,18H,3-5,10-15H2,1-2H3,(H,21,24)(H,22,25). The number of carbonyl (C=O) groups is 2. The van der Waals surface area contributed by atoms with E-state index < -0.39 is 0 Å². The van der Waals surface area contributed by atoms with E-state index in [1.54, 1.807) is 7.05 Å². The van der Waals surface area contributed by atoms with E-state index in [0.717, 1.165) is 45.4 Å². The summed E-state index contributed by atoms with van der Waals surface area (Å²) in [7, 11) is 1.64. The third-order valence-electron chi connectivity index (χ3n) is 4.89. The molecule has 2 amide bonds. The van der Waals surface area contributed by atoms with Gasteiger partial charge >= 0.3 is 0 Å². The summed E-state index contributed by atoms with van der Waals surface area (Å²) in [5.41, 5.74) is 1.89. The van der Waals surface area contributed by atoms with E-state index in [-0.39, 0.29) is 17.7 Å². The number of likely N-dealkylation sites (tertiary alicyclic amines) is 1. The first-order valence-electron chi connectivity index (χ1n) is 9.45. The van der Waals surface area contributed by atoms with Gasteiger partial charge in [0.1, 0.15) is 0 Å². The highest BCUT2D eigenvalue weighted by molar-refractivity contribution is 5.93. The minimum atomic E-state index is -0.0580. The molecule has 5 nitrogen and oxygen atoms in total. The lowest BCUT2D eigenvalue weighted by Gasteiger charge is -2.31. The molecular weight excluding hydrogens is 314 g/mol. The van der Waals surface area contributed by atoms with E-state index in [1.165, 1.54) is 18.4 Å². The van der Waals surface area contributed by atoms with Gasteiger partial charge in [-0.2, -0.15) is 0 Å². The van der Waals surface area contributed by atoms with Gasteiger partial charge in [0.2, 0.25) is 5.91 Å². The highest BCUT2D eigenvalue weighted by atomic mass is 16.2. The number of benzene rings is 1. The van der Waals surface area contributed by atoms with Crippen LogP contribution in [-0.2, 0) is 11.3 Å². The Kier molecular flexibility index (Phi) is 7.92. The molecule has 0 aromatic heterocycles. The van der Waals surface area contributed by atoms with Crippen LogP contribution in [0.5, 0.6) is 0 Å². The Morgan fingerprint density at radius 3 is 2.40 bits per heavy atom. The Morgan fingerprint density at radius 2 is 1.80 bits per heavy atom. The van der Waals surface area contributed by atoms with E-state index in [2.05, 4.69) is 22.5 Å². The van der Waals surface area contributed by atoms with Crippen LogP contribution in [0.15, 0.2) is 24.3 Å². The fourth-order valence-electron chi connectivity index (χ4n) is 3.25. The molecule has 0 radical (unpaired) electrons. The number of nitrogens with one attached hydrogen (secondary N) is 2. The van der Waals surface area contributed by atoms with Gasteiger partial charge in [0.05, 0.1) is 0 Å². The van der Waals surface area contributed by atoms with Gasteiger partial charge in [0.25, 0.3) is 5.91 Å². The molecule has 0 bridgehead atoms. The van der Waals surface area contributed by atoms with E-state index in [4.69, 9.17) is 0 Å². The molecule has 0 saturated carbocycles. The third kappa shape index (κ3) is 6.16. The Labute approximate surface area is 151 Å². The second kappa shape index (κ2) is 10.2. The summed E-state index contributed by atoms with van der Waals surface area (Å²) in [5.74, 6) is 0.330. The molecule has 0 aliphatic carbocycles. The smallest absolute Gasteiger partial charge is 0.251 e. The number of hydrogen-bond acceptors (Lipinski definition) is 3. The summed E-state index contributed by atoms with van der Waals surface area (Å²) in [4.78, 5) is 26.1. The van der Waals surface area contributed by atoms with Gasteiger partial charge in [-0.15, -0.1) is 0 Å². The Bertz CT molecular complexity index is 549. The molecule has 2 N–H and O–H groups in total. The zero-order valence-corrected chi connectivity index (χ0v) is 15.5. The molecule has 2 rings (SSSR count). The second-order valence-electron chi connectivity index (χ2n) is 6.82. The number of nitrogens with zero attached hydrogens (tertiary/aromatic N) is 1. The van der Waals surface area contributed by atoms with Crippen molar-refractivity contribution in [1.29, 1.82) is 0 Å². The molecule has 1 aromatic rings.